The Labute approximate surface area is 269 Å². The minimum atomic E-state index is -0.289. The summed E-state index contributed by atoms with van der Waals surface area (Å²) in [5.41, 5.74) is 1.09. The van der Waals surface area contributed by atoms with Gasteiger partial charge in [-0.15, -0.1) is 23.7 Å². The Morgan fingerprint density at radius 1 is 0.556 bits per heavy atom. The third kappa shape index (κ3) is 10.1. The lowest BCUT2D eigenvalue weighted by atomic mass is 10.1. The standard InChI is InChI=1S/C39H48O6/c1-5-7-8-11-15-34-35(37(34)27-45-39(41)29-20-24-31(43-4)25-21-29)17-13-10-9-12-16-33-32(14-6-2)36(33)26-44-38(40)28-18-22-30(42-3)23-19-28/h18-25,32-37H,5-6,11-17,26-27H2,1-4H3/t32-,33+,34-,35+,36+,37+/m0/s1. The summed E-state index contributed by atoms with van der Waals surface area (Å²) in [5, 5.41) is 0. The first-order valence-corrected chi connectivity index (χ1v) is 16.5. The largest absolute Gasteiger partial charge is 0.497 e. The molecule has 6 atom stereocenters. The van der Waals surface area contributed by atoms with Gasteiger partial charge in [0.1, 0.15) is 11.5 Å². The Morgan fingerprint density at radius 3 is 1.29 bits per heavy atom. The van der Waals surface area contributed by atoms with Crippen LogP contribution in [0.3, 0.4) is 0 Å². The zero-order chi connectivity index (χ0) is 32.0. The molecule has 2 aliphatic carbocycles. The minimum Gasteiger partial charge on any atom is -0.497 e. The SMILES string of the molecule is CCC#CCC[C@H]1[C@@H](CCC#CCC[C@@H]2[C@H](CCC)[C@H]2COC(=O)c2ccc(OC)cc2)[C@@H]1COC(=O)c1ccc(OC)cc1. The summed E-state index contributed by atoms with van der Waals surface area (Å²) in [5.74, 6) is 17.2. The van der Waals surface area contributed by atoms with Gasteiger partial charge in [0.15, 0.2) is 0 Å². The van der Waals surface area contributed by atoms with Crippen LogP contribution in [0.15, 0.2) is 48.5 Å². The van der Waals surface area contributed by atoms with E-state index in [0.29, 0.717) is 65.6 Å². The van der Waals surface area contributed by atoms with Gasteiger partial charge in [-0.2, -0.15) is 0 Å². The second kappa shape index (κ2) is 17.6. The van der Waals surface area contributed by atoms with Gasteiger partial charge in [-0.25, -0.2) is 9.59 Å². The molecule has 0 spiro atoms. The summed E-state index contributed by atoms with van der Waals surface area (Å²) in [6.07, 6.45) is 8.92. The van der Waals surface area contributed by atoms with Crippen molar-refractivity contribution in [2.24, 2.45) is 35.5 Å². The van der Waals surface area contributed by atoms with Crippen LogP contribution in [0, 0.1) is 59.2 Å². The molecule has 0 amide bonds. The number of carbonyl (C=O) groups excluding carboxylic acids is 2. The quantitative estimate of drug-likeness (QED) is 0.141. The van der Waals surface area contributed by atoms with Crippen LogP contribution in [-0.2, 0) is 9.47 Å². The molecule has 2 aliphatic rings. The van der Waals surface area contributed by atoms with E-state index in [-0.39, 0.29) is 11.9 Å². The molecule has 0 N–H and O–H groups in total. The summed E-state index contributed by atoms with van der Waals surface area (Å²) in [4.78, 5) is 25.1. The number of ether oxygens (including phenoxy) is 4. The number of hydrogen-bond acceptors (Lipinski definition) is 6. The van der Waals surface area contributed by atoms with E-state index in [1.807, 2.05) is 0 Å². The Kier molecular flexibility index (Phi) is 13.3. The molecule has 2 aromatic carbocycles. The molecule has 0 bridgehead atoms. The molecule has 0 heterocycles. The Balaban J connectivity index is 1.19. The summed E-state index contributed by atoms with van der Waals surface area (Å²) < 4.78 is 21.7. The molecule has 0 unspecified atom stereocenters. The van der Waals surface area contributed by atoms with Crippen LogP contribution in [0.1, 0.15) is 92.4 Å². The number of esters is 2. The van der Waals surface area contributed by atoms with Crippen molar-refractivity contribution in [1.82, 2.24) is 0 Å². The monoisotopic (exact) mass is 612 g/mol. The van der Waals surface area contributed by atoms with Gasteiger partial charge < -0.3 is 18.9 Å². The highest BCUT2D eigenvalue weighted by Gasteiger charge is 2.49. The number of methoxy groups -OCH3 is 2. The van der Waals surface area contributed by atoms with Crippen molar-refractivity contribution >= 4 is 11.9 Å². The summed E-state index contributed by atoms with van der Waals surface area (Å²) in [6.45, 7) is 5.20. The Hall–Kier alpha value is -3.90. The zero-order valence-electron chi connectivity index (χ0n) is 27.3. The van der Waals surface area contributed by atoms with E-state index in [0.717, 1.165) is 57.1 Å². The summed E-state index contributed by atoms with van der Waals surface area (Å²) >= 11 is 0. The molecule has 2 saturated carbocycles. The molecule has 4 rings (SSSR count). The van der Waals surface area contributed by atoms with Crippen LogP contribution >= 0.6 is 0 Å². The second-order valence-electron chi connectivity index (χ2n) is 12.1. The van der Waals surface area contributed by atoms with Gasteiger partial charge in [-0.1, -0.05) is 26.7 Å². The predicted octanol–water partition coefficient (Wildman–Crippen LogP) is 8.00. The van der Waals surface area contributed by atoms with E-state index >= 15 is 0 Å². The fourth-order valence-electron chi connectivity index (χ4n) is 6.66. The van der Waals surface area contributed by atoms with Crippen LogP contribution < -0.4 is 9.47 Å². The van der Waals surface area contributed by atoms with Crippen molar-refractivity contribution in [3.8, 4) is 35.2 Å². The van der Waals surface area contributed by atoms with Gasteiger partial charge in [-0.3, -0.25) is 0 Å². The molecule has 6 nitrogen and oxygen atoms in total. The first-order chi connectivity index (χ1) is 22.0. The summed E-state index contributed by atoms with van der Waals surface area (Å²) in [7, 11) is 3.21. The lowest BCUT2D eigenvalue weighted by molar-refractivity contribution is 0.0465. The molecule has 0 saturated heterocycles. The van der Waals surface area contributed by atoms with E-state index in [9.17, 15) is 9.59 Å². The minimum absolute atomic E-state index is 0.275. The highest BCUT2D eigenvalue weighted by molar-refractivity contribution is 5.90. The van der Waals surface area contributed by atoms with Crippen molar-refractivity contribution in [2.75, 3.05) is 27.4 Å². The van der Waals surface area contributed by atoms with Crippen molar-refractivity contribution in [2.45, 2.75) is 71.6 Å². The van der Waals surface area contributed by atoms with E-state index in [1.165, 1.54) is 6.42 Å². The molecule has 6 heteroatoms. The number of benzene rings is 2. The van der Waals surface area contributed by atoms with Gasteiger partial charge in [0.25, 0.3) is 0 Å². The normalized spacial score (nSPS) is 22.6. The van der Waals surface area contributed by atoms with Gasteiger partial charge in [0.05, 0.1) is 38.6 Å². The van der Waals surface area contributed by atoms with Gasteiger partial charge in [0.2, 0.25) is 0 Å². The Bertz CT molecular complexity index is 1360. The van der Waals surface area contributed by atoms with Crippen LogP contribution in [0.5, 0.6) is 11.5 Å². The smallest absolute Gasteiger partial charge is 0.338 e. The van der Waals surface area contributed by atoms with Crippen molar-refractivity contribution in [3.63, 3.8) is 0 Å². The first-order valence-electron chi connectivity index (χ1n) is 16.5. The van der Waals surface area contributed by atoms with Crippen LogP contribution in [0.25, 0.3) is 0 Å². The molecule has 0 aromatic heterocycles. The van der Waals surface area contributed by atoms with E-state index < -0.39 is 0 Å². The zero-order valence-corrected chi connectivity index (χ0v) is 27.3. The molecule has 2 fully saturated rings. The third-order valence-corrected chi connectivity index (χ3v) is 9.34. The fourth-order valence-corrected chi connectivity index (χ4v) is 6.66. The van der Waals surface area contributed by atoms with Gasteiger partial charge in [0, 0.05) is 25.7 Å². The van der Waals surface area contributed by atoms with Crippen molar-refractivity contribution in [1.29, 1.82) is 0 Å². The molecular weight excluding hydrogens is 564 g/mol. The number of hydrogen-bond donors (Lipinski definition) is 0. The highest BCUT2D eigenvalue weighted by atomic mass is 16.5. The maximum atomic E-state index is 12.6. The average Bonchev–Trinajstić information content (AvgIpc) is 3.95. The maximum Gasteiger partial charge on any atom is 0.338 e. The molecule has 45 heavy (non-hydrogen) atoms. The van der Waals surface area contributed by atoms with Gasteiger partial charge in [-0.05, 0) is 103 Å². The first kappa shape index (κ1) is 34.0. The molecule has 0 radical (unpaired) electrons. The average molecular weight is 613 g/mol. The molecular formula is C39H48O6. The topological polar surface area (TPSA) is 71.1 Å². The van der Waals surface area contributed by atoms with Crippen molar-refractivity contribution < 1.29 is 28.5 Å². The molecule has 0 aliphatic heterocycles. The maximum absolute atomic E-state index is 12.6. The number of rotatable bonds is 16. The highest BCUT2D eigenvalue weighted by Crippen LogP contribution is 2.53. The van der Waals surface area contributed by atoms with Crippen LogP contribution in [0.2, 0.25) is 0 Å². The Morgan fingerprint density at radius 2 is 0.933 bits per heavy atom. The van der Waals surface area contributed by atoms with Gasteiger partial charge >= 0.3 is 11.9 Å². The van der Waals surface area contributed by atoms with E-state index in [4.69, 9.17) is 18.9 Å². The fraction of sp³-hybridized carbons (Fsp3) is 0.538. The number of carbonyl (C=O) groups is 2. The van der Waals surface area contributed by atoms with Crippen LogP contribution in [0.4, 0.5) is 0 Å². The predicted molar refractivity (Wildman–Crippen MR) is 176 cm³/mol. The second-order valence-corrected chi connectivity index (χ2v) is 12.1. The van der Waals surface area contributed by atoms with Crippen LogP contribution in [-0.4, -0.2) is 39.4 Å². The van der Waals surface area contributed by atoms with Crippen molar-refractivity contribution in [3.05, 3.63) is 59.7 Å². The lowest BCUT2D eigenvalue weighted by Crippen LogP contribution is -2.08. The lowest BCUT2D eigenvalue weighted by Gasteiger charge is -2.05. The van der Waals surface area contributed by atoms with E-state index in [2.05, 4.69) is 37.5 Å². The summed E-state index contributed by atoms with van der Waals surface area (Å²) in [6, 6.07) is 14.1. The molecule has 2 aromatic rings. The third-order valence-electron chi connectivity index (χ3n) is 9.34. The molecule has 240 valence electrons. The van der Waals surface area contributed by atoms with E-state index in [1.54, 1.807) is 62.8 Å².